The van der Waals surface area contributed by atoms with Crippen molar-refractivity contribution in [2.75, 3.05) is 19.0 Å². The Labute approximate surface area is 162 Å². The Morgan fingerprint density at radius 3 is 2.36 bits per heavy atom. The fourth-order valence-electron chi connectivity index (χ4n) is 2.63. The highest BCUT2D eigenvalue weighted by atomic mass is 16.5. The lowest BCUT2D eigenvalue weighted by Gasteiger charge is -2.07. The topological polar surface area (TPSA) is 95.3 Å². The van der Waals surface area contributed by atoms with Crippen molar-refractivity contribution in [3.63, 3.8) is 0 Å². The second-order valence-corrected chi connectivity index (χ2v) is 5.89. The molecule has 0 radical (unpaired) electrons. The maximum Gasteiger partial charge on any atom is 0.337 e. The molecule has 0 aliphatic rings. The molecule has 0 atom stereocenters. The van der Waals surface area contributed by atoms with E-state index < -0.39 is 5.97 Å². The van der Waals surface area contributed by atoms with Gasteiger partial charge >= 0.3 is 5.97 Å². The van der Waals surface area contributed by atoms with Gasteiger partial charge in [-0.1, -0.05) is 5.21 Å². The summed E-state index contributed by atoms with van der Waals surface area (Å²) in [6, 6.07) is 13.8. The van der Waals surface area contributed by atoms with E-state index >= 15 is 0 Å². The largest absolute Gasteiger partial charge is 0.494 e. The van der Waals surface area contributed by atoms with Crippen LogP contribution >= 0.6 is 0 Å². The molecule has 28 heavy (non-hydrogen) atoms. The van der Waals surface area contributed by atoms with Gasteiger partial charge < -0.3 is 14.8 Å². The number of nitrogens with zero attached hydrogens (tertiary/aromatic N) is 3. The van der Waals surface area contributed by atoms with E-state index in [0.29, 0.717) is 23.6 Å². The number of hydrogen-bond donors (Lipinski definition) is 1. The Morgan fingerprint density at radius 2 is 1.75 bits per heavy atom. The minimum absolute atomic E-state index is 0.214. The van der Waals surface area contributed by atoms with Gasteiger partial charge in [-0.05, 0) is 62.4 Å². The molecule has 8 heteroatoms. The van der Waals surface area contributed by atoms with Crippen LogP contribution in [0.4, 0.5) is 5.69 Å². The standard InChI is InChI=1S/C20H20N4O4/c1-4-28-17-11-9-16(10-12-17)24-13(2)18(22-23-24)19(25)21-15-7-5-14(6-8-15)20(26)27-3/h5-12H,4H2,1-3H3,(H,21,25). The fourth-order valence-corrected chi connectivity index (χ4v) is 2.63. The molecule has 0 aliphatic carbocycles. The number of amides is 1. The van der Waals surface area contributed by atoms with E-state index in [-0.39, 0.29) is 11.6 Å². The third kappa shape index (κ3) is 4.01. The number of ether oxygens (including phenoxy) is 2. The number of rotatable bonds is 6. The van der Waals surface area contributed by atoms with Crippen LogP contribution in [0.3, 0.4) is 0 Å². The number of anilines is 1. The predicted molar refractivity (Wildman–Crippen MR) is 103 cm³/mol. The Hall–Kier alpha value is -3.68. The van der Waals surface area contributed by atoms with E-state index in [9.17, 15) is 9.59 Å². The molecule has 1 aromatic heterocycles. The number of methoxy groups -OCH3 is 1. The molecule has 0 aliphatic heterocycles. The van der Waals surface area contributed by atoms with Crippen LogP contribution < -0.4 is 10.1 Å². The van der Waals surface area contributed by atoms with Crippen LogP contribution in [-0.2, 0) is 4.74 Å². The summed E-state index contributed by atoms with van der Waals surface area (Å²) in [6.45, 7) is 4.28. The van der Waals surface area contributed by atoms with E-state index in [1.807, 2.05) is 31.2 Å². The molecule has 0 fully saturated rings. The zero-order chi connectivity index (χ0) is 20.1. The quantitative estimate of drug-likeness (QED) is 0.661. The normalized spacial score (nSPS) is 10.4. The van der Waals surface area contributed by atoms with Gasteiger partial charge in [0.05, 0.1) is 30.7 Å². The van der Waals surface area contributed by atoms with Crippen LogP contribution in [0.1, 0.15) is 33.5 Å². The summed E-state index contributed by atoms with van der Waals surface area (Å²) in [5.74, 6) is -0.0649. The lowest BCUT2D eigenvalue weighted by atomic mass is 10.2. The number of esters is 1. The molecule has 2 aromatic carbocycles. The van der Waals surface area contributed by atoms with Crippen molar-refractivity contribution in [3.8, 4) is 11.4 Å². The van der Waals surface area contributed by atoms with Gasteiger partial charge in [-0.25, -0.2) is 9.48 Å². The number of benzene rings is 2. The third-order valence-corrected chi connectivity index (χ3v) is 4.07. The number of aromatic nitrogens is 3. The van der Waals surface area contributed by atoms with Gasteiger partial charge in [-0.15, -0.1) is 5.10 Å². The summed E-state index contributed by atoms with van der Waals surface area (Å²) in [7, 11) is 1.31. The summed E-state index contributed by atoms with van der Waals surface area (Å²) in [6.07, 6.45) is 0. The van der Waals surface area contributed by atoms with Crippen molar-refractivity contribution in [3.05, 3.63) is 65.5 Å². The molecule has 1 amide bonds. The van der Waals surface area contributed by atoms with Gasteiger partial charge in [-0.3, -0.25) is 4.79 Å². The van der Waals surface area contributed by atoms with Gasteiger partial charge in [0.25, 0.3) is 5.91 Å². The molecule has 1 N–H and O–H groups in total. The Balaban J connectivity index is 1.75. The minimum atomic E-state index is -0.438. The zero-order valence-corrected chi connectivity index (χ0v) is 15.8. The van der Waals surface area contributed by atoms with Crippen molar-refractivity contribution >= 4 is 17.6 Å². The molecular weight excluding hydrogens is 360 g/mol. The maximum atomic E-state index is 12.6. The molecule has 0 saturated heterocycles. The minimum Gasteiger partial charge on any atom is -0.494 e. The van der Waals surface area contributed by atoms with E-state index in [1.165, 1.54) is 7.11 Å². The van der Waals surface area contributed by atoms with Crippen LogP contribution in [0.5, 0.6) is 5.75 Å². The molecule has 0 bridgehead atoms. The van der Waals surface area contributed by atoms with E-state index in [1.54, 1.807) is 35.9 Å². The van der Waals surface area contributed by atoms with Gasteiger partial charge in [0.15, 0.2) is 5.69 Å². The molecular formula is C20H20N4O4. The Morgan fingerprint density at radius 1 is 1.07 bits per heavy atom. The molecule has 1 heterocycles. The highest BCUT2D eigenvalue weighted by Gasteiger charge is 2.18. The van der Waals surface area contributed by atoms with Gasteiger partial charge in [0, 0.05) is 5.69 Å². The summed E-state index contributed by atoms with van der Waals surface area (Å²) >= 11 is 0. The highest BCUT2D eigenvalue weighted by Crippen LogP contribution is 2.18. The second-order valence-electron chi connectivity index (χ2n) is 5.89. The van der Waals surface area contributed by atoms with Crippen LogP contribution in [0.25, 0.3) is 5.69 Å². The maximum absolute atomic E-state index is 12.6. The summed E-state index contributed by atoms with van der Waals surface area (Å²) in [4.78, 5) is 24.0. The van der Waals surface area contributed by atoms with Crippen molar-refractivity contribution in [1.82, 2.24) is 15.0 Å². The number of hydrogen-bond acceptors (Lipinski definition) is 6. The van der Waals surface area contributed by atoms with Crippen LogP contribution in [0, 0.1) is 6.92 Å². The number of carbonyl (C=O) groups excluding carboxylic acids is 2. The smallest absolute Gasteiger partial charge is 0.337 e. The van der Waals surface area contributed by atoms with Crippen molar-refractivity contribution in [2.45, 2.75) is 13.8 Å². The molecule has 0 unspecified atom stereocenters. The molecule has 3 rings (SSSR count). The average Bonchev–Trinajstić information content (AvgIpc) is 3.10. The molecule has 0 spiro atoms. The van der Waals surface area contributed by atoms with Gasteiger partial charge in [0.1, 0.15) is 5.75 Å². The van der Waals surface area contributed by atoms with Gasteiger partial charge in [-0.2, -0.15) is 0 Å². The fraction of sp³-hybridized carbons (Fsp3) is 0.200. The van der Waals surface area contributed by atoms with E-state index in [4.69, 9.17) is 4.74 Å². The van der Waals surface area contributed by atoms with Crippen molar-refractivity contribution in [2.24, 2.45) is 0 Å². The molecule has 0 saturated carbocycles. The first-order valence-electron chi connectivity index (χ1n) is 8.68. The van der Waals surface area contributed by atoms with Crippen molar-refractivity contribution < 1.29 is 19.1 Å². The number of nitrogens with one attached hydrogen (secondary N) is 1. The average molecular weight is 380 g/mol. The Kier molecular flexibility index (Phi) is 5.69. The SMILES string of the molecule is CCOc1ccc(-n2nnc(C(=O)Nc3ccc(C(=O)OC)cc3)c2C)cc1. The van der Waals surface area contributed by atoms with E-state index in [0.717, 1.165) is 11.4 Å². The third-order valence-electron chi connectivity index (χ3n) is 4.07. The first-order valence-corrected chi connectivity index (χ1v) is 8.68. The molecule has 3 aromatic rings. The van der Waals surface area contributed by atoms with Crippen LogP contribution in [-0.4, -0.2) is 40.6 Å². The van der Waals surface area contributed by atoms with Crippen LogP contribution in [0.15, 0.2) is 48.5 Å². The molecule has 144 valence electrons. The van der Waals surface area contributed by atoms with Crippen LogP contribution in [0.2, 0.25) is 0 Å². The first-order chi connectivity index (χ1) is 13.5. The lowest BCUT2D eigenvalue weighted by molar-refractivity contribution is 0.0600. The molecule has 8 nitrogen and oxygen atoms in total. The lowest BCUT2D eigenvalue weighted by Crippen LogP contribution is -2.14. The van der Waals surface area contributed by atoms with Crippen molar-refractivity contribution in [1.29, 1.82) is 0 Å². The first kappa shape index (κ1) is 19.1. The predicted octanol–water partition coefficient (Wildman–Crippen LogP) is 3.01. The Bertz CT molecular complexity index is 978. The number of carbonyl (C=O) groups is 2. The zero-order valence-electron chi connectivity index (χ0n) is 15.8. The monoisotopic (exact) mass is 380 g/mol. The van der Waals surface area contributed by atoms with Gasteiger partial charge in [0.2, 0.25) is 0 Å². The highest BCUT2D eigenvalue weighted by molar-refractivity contribution is 6.03. The summed E-state index contributed by atoms with van der Waals surface area (Å²) in [5, 5.41) is 10.8. The van der Waals surface area contributed by atoms with E-state index in [2.05, 4.69) is 20.4 Å². The second kappa shape index (κ2) is 8.34. The summed E-state index contributed by atoms with van der Waals surface area (Å²) < 4.78 is 11.7. The summed E-state index contributed by atoms with van der Waals surface area (Å²) in [5.41, 5.74) is 2.53.